The van der Waals surface area contributed by atoms with Crippen LogP contribution in [0.2, 0.25) is 0 Å². The summed E-state index contributed by atoms with van der Waals surface area (Å²) in [6.45, 7) is 6.41. The van der Waals surface area contributed by atoms with E-state index >= 15 is 0 Å². The van der Waals surface area contributed by atoms with Crippen LogP contribution < -0.4 is 16.0 Å². The summed E-state index contributed by atoms with van der Waals surface area (Å²) < 4.78 is 23.7. The molecule has 11 nitrogen and oxygen atoms in total. The summed E-state index contributed by atoms with van der Waals surface area (Å²) in [6.07, 6.45) is 5.74. The molecule has 1 amide bonds. The molecule has 1 fully saturated rings. The molecule has 5 rings (SSSR count). The third kappa shape index (κ3) is 6.25. The number of amides is 1. The Bertz CT molecular complexity index is 1760. The Hall–Kier alpha value is -4.28. The summed E-state index contributed by atoms with van der Waals surface area (Å²) >= 11 is 1.29. The van der Waals surface area contributed by atoms with Gasteiger partial charge < -0.3 is 14.7 Å². The number of carbonyl (C=O) groups is 1. The second-order valence-corrected chi connectivity index (χ2v) is 11.6. The molecule has 0 spiro atoms. The summed E-state index contributed by atoms with van der Waals surface area (Å²) in [5, 5.41) is 20.9. The number of methoxy groups -OCH3 is 1. The normalized spacial score (nSPS) is 13.1. The molecular formula is C30H35FN6O5S. The van der Waals surface area contributed by atoms with Crippen LogP contribution in [0.15, 0.2) is 46.2 Å². The number of aliphatic hydroxyl groups excluding tert-OH is 1. The molecule has 1 aliphatic rings. The number of hydrogen-bond donors (Lipinski definition) is 1. The average molecular weight is 611 g/mol. The fourth-order valence-electron chi connectivity index (χ4n) is 5.26. The number of aliphatic hydroxyl groups is 1. The van der Waals surface area contributed by atoms with Crippen molar-refractivity contribution in [3.8, 4) is 16.8 Å². The molecule has 0 unspecified atom stereocenters. The molecule has 0 atom stereocenters. The van der Waals surface area contributed by atoms with Crippen molar-refractivity contribution in [3.63, 3.8) is 0 Å². The maximum Gasteiger partial charge on any atom is 0.333 e. The van der Waals surface area contributed by atoms with Crippen LogP contribution in [0.5, 0.6) is 5.75 Å². The van der Waals surface area contributed by atoms with Crippen LogP contribution in [0.3, 0.4) is 0 Å². The minimum absolute atomic E-state index is 0.0174. The molecule has 4 heterocycles. The van der Waals surface area contributed by atoms with Gasteiger partial charge in [-0.1, -0.05) is 11.3 Å². The number of fused-ring (bicyclic) bond motifs is 1. The van der Waals surface area contributed by atoms with E-state index in [0.717, 1.165) is 17.4 Å². The smallest absolute Gasteiger partial charge is 0.333 e. The maximum absolute atomic E-state index is 14.1. The standard InChI is InChI=1S/C27H30FN5O4S.C3H5NO/c1-17-21-22(34)33(27(2,3)25(35)30-12-5-6-13-30)26(36)31(24(21)38-23(17)32-14-7-11-29-32)15-10-18-16-19(28)8-9-20(18)37-4;4-2-1-3-5/h7-9,11,14,16H,5-6,10,12-13,15H2,1-4H3;5H,1,3H2. The van der Waals surface area contributed by atoms with Crippen molar-refractivity contribution in [3.05, 3.63) is 74.4 Å². The van der Waals surface area contributed by atoms with Gasteiger partial charge in [-0.15, -0.1) is 0 Å². The Morgan fingerprint density at radius 2 is 1.98 bits per heavy atom. The van der Waals surface area contributed by atoms with Gasteiger partial charge in [0.2, 0.25) is 5.91 Å². The van der Waals surface area contributed by atoms with E-state index in [2.05, 4.69) is 5.10 Å². The first-order valence-corrected chi connectivity index (χ1v) is 14.8. The second-order valence-electron chi connectivity index (χ2n) is 10.6. The lowest BCUT2D eigenvalue weighted by molar-refractivity contribution is -0.138. The zero-order chi connectivity index (χ0) is 31.3. The topological polar surface area (TPSA) is 135 Å². The number of aryl methyl sites for hydroxylation is 3. The van der Waals surface area contributed by atoms with Gasteiger partial charge in [0.25, 0.3) is 5.56 Å². The van der Waals surface area contributed by atoms with E-state index in [1.165, 1.54) is 35.1 Å². The molecule has 3 aromatic heterocycles. The van der Waals surface area contributed by atoms with Crippen molar-refractivity contribution in [1.82, 2.24) is 23.8 Å². The minimum Gasteiger partial charge on any atom is -0.496 e. The molecule has 0 saturated carbocycles. The molecule has 4 aromatic rings. The monoisotopic (exact) mass is 610 g/mol. The number of nitriles is 1. The van der Waals surface area contributed by atoms with E-state index in [9.17, 15) is 18.8 Å². The van der Waals surface area contributed by atoms with Crippen LogP contribution in [0.1, 0.15) is 44.2 Å². The molecule has 0 bridgehead atoms. The molecule has 43 heavy (non-hydrogen) atoms. The number of ether oxygens (including phenoxy) is 1. The van der Waals surface area contributed by atoms with Crippen LogP contribution in [0, 0.1) is 24.1 Å². The highest BCUT2D eigenvalue weighted by molar-refractivity contribution is 7.21. The van der Waals surface area contributed by atoms with Gasteiger partial charge in [0.1, 0.15) is 26.9 Å². The number of thiophene rings is 1. The molecule has 0 aliphatic carbocycles. The van der Waals surface area contributed by atoms with E-state index < -0.39 is 22.6 Å². The number of carbonyl (C=O) groups excluding carboxylic acids is 1. The number of nitrogens with zero attached hydrogens (tertiary/aromatic N) is 6. The van der Waals surface area contributed by atoms with Gasteiger partial charge >= 0.3 is 5.69 Å². The number of halogens is 1. The van der Waals surface area contributed by atoms with E-state index in [4.69, 9.17) is 15.1 Å². The van der Waals surface area contributed by atoms with E-state index in [1.807, 2.05) is 6.92 Å². The lowest BCUT2D eigenvalue weighted by Crippen LogP contribution is -2.56. The van der Waals surface area contributed by atoms with Crippen LogP contribution in [0.4, 0.5) is 4.39 Å². The molecule has 0 radical (unpaired) electrons. The Morgan fingerprint density at radius 3 is 2.56 bits per heavy atom. The zero-order valence-corrected chi connectivity index (χ0v) is 25.5. The van der Waals surface area contributed by atoms with Gasteiger partial charge in [0.05, 0.1) is 31.6 Å². The summed E-state index contributed by atoms with van der Waals surface area (Å²) in [5.74, 6) is -0.159. The van der Waals surface area contributed by atoms with Crippen molar-refractivity contribution in [2.45, 2.75) is 58.5 Å². The van der Waals surface area contributed by atoms with Crippen LogP contribution in [0.25, 0.3) is 15.2 Å². The summed E-state index contributed by atoms with van der Waals surface area (Å²) in [7, 11) is 1.51. The summed E-state index contributed by atoms with van der Waals surface area (Å²) in [4.78, 5) is 43.8. The Labute approximate surface area is 252 Å². The predicted molar refractivity (Wildman–Crippen MR) is 161 cm³/mol. The summed E-state index contributed by atoms with van der Waals surface area (Å²) in [5.41, 5.74) is -1.21. The Balaban J connectivity index is 0.000000782. The third-order valence-corrected chi connectivity index (χ3v) is 8.75. The quantitative estimate of drug-likeness (QED) is 0.323. The summed E-state index contributed by atoms with van der Waals surface area (Å²) in [6, 6.07) is 7.80. The molecule has 228 valence electrons. The predicted octanol–water partition coefficient (Wildman–Crippen LogP) is 3.36. The zero-order valence-electron chi connectivity index (χ0n) is 24.7. The maximum atomic E-state index is 14.1. The van der Waals surface area contributed by atoms with Crippen LogP contribution >= 0.6 is 11.3 Å². The van der Waals surface area contributed by atoms with Crippen molar-refractivity contribution < 1.29 is 19.0 Å². The largest absolute Gasteiger partial charge is 0.496 e. The van der Waals surface area contributed by atoms with E-state index in [1.54, 1.807) is 54.0 Å². The number of aromatic nitrogens is 4. The van der Waals surface area contributed by atoms with Gasteiger partial charge in [0, 0.05) is 37.6 Å². The SMILES string of the molecule is COc1ccc(F)cc1CCn1c(=O)n(C(C)(C)C(=O)N2CCCC2)c(=O)c2c(C)c(-n3cccn3)sc21.N#CCCO. The second kappa shape index (κ2) is 13.4. The van der Waals surface area contributed by atoms with Crippen molar-refractivity contribution in [1.29, 1.82) is 5.26 Å². The number of hydrogen-bond acceptors (Lipinski definition) is 8. The van der Waals surface area contributed by atoms with Gasteiger partial charge in [-0.05, 0) is 69.9 Å². The first-order chi connectivity index (χ1) is 20.6. The first-order valence-electron chi connectivity index (χ1n) is 14.0. The lowest BCUT2D eigenvalue weighted by Gasteiger charge is -2.31. The Morgan fingerprint density at radius 1 is 1.26 bits per heavy atom. The average Bonchev–Trinajstić information content (AvgIpc) is 3.75. The highest BCUT2D eigenvalue weighted by atomic mass is 32.1. The lowest BCUT2D eigenvalue weighted by atomic mass is 10.0. The number of likely N-dealkylation sites (tertiary alicyclic amines) is 1. The first kappa shape index (κ1) is 31.7. The van der Waals surface area contributed by atoms with Crippen molar-refractivity contribution >= 4 is 27.5 Å². The van der Waals surface area contributed by atoms with Crippen molar-refractivity contribution in [2.24, 2.45) is 0 Å². The van der Waals surface area contributed by atoms with Gasteiger partial charge in [-0.2, -0.15) is 10.4 Å². The minimum atomic E-state index is -1.40. The fraction of sp³-hybridized carbons (Fsp3) is 0.433. The van der Waals surface area contributed by atoms with E-state index in [0.29, 0.717) is 45.2 Å². The number of rotatable bonds is 8. The fourth-order valence-corrected chi connectivity index (χ4v) is 6.52. The van der Waals surface area contributed by atoms with Crippen molar-refractivity contribution in [2.75, 3.05) is 26.8 Å². The Kier molecular flexibility index (Phi) is 9.83. The highest BCUT2D eigenvalue weighted by Gasteiger charge is 2.39. The number of benzene rings is 1. The van der Waals surface area contributed by atoms with Crippen LogP contribution in [-0.2, 0) is 23.3 Å². The molecular weight excluding hydrogens is 575 g/mol. The molecule has 1 saturated heterocycles. The molecule has 1 aromatic carbocycles. The van der Waals surface area contributed by atoms with E-state index in [-0.39, 0.29) is 31.9 Å². The van der Waals surface area contributed by atoms with Crippen LogP contribution in [-0.4, -0.2) is 61.6 Å². The van der Waals surface area contributed by atoms with Gasteiger partial charge in [-0.25, -0.2) is 18.4 Å². The molecule has 13 heteroatoms. The molecule has 1 N–H and O–H groups in total. The highest BCUT2D eigenvalue weighted by Crippen LogP contribution is 2.32. The third-order valence-electron chi connectivity index (χ3n) is 7.45. The molecule has 1 aliphatic heterocycles. The van der Waals surface area contributed by atoms with Gasteiger partial charge in [0.15, 0.2) is 0 Å². The van der Waals surface area contributed by atoms with Gasteiger partial charge in [-0.3, -0.25) is 14.2 Å².